The fraction of sp³-hybridized carbons (Fsp3) is 0.432. The molecule has 4 aliphatic heterocycles. The molecule has 7 rings (SSSR count). The van der Waals surface area contributed by atoms with Crippen LogP contribution in [0.25, 0.3) is 0 Å². The Labute approximate surface area is 343 Å². The van der Waals surface area contributed by atoms with Crippen molar-refractivity contribution in [3.63, 3.8) is 0 Å². The number of thioether (sulfide) groups is 1. The Bertz CT molecular complexity index is 2020. The average Bonchev–Trinajstić information content (AvgIpc) is 3.36. The number of nitrogens with zero attached hydrogens (tertiary/aromatic N) is 4. The van der Waals surface area contributed by atoms with Crippen LogP contribution in [0.3, 0.4) is 0 Å². The van der Waals surface area contributed by atoms with Crippen molar-refractivity contribution < 1.29 is 24.6 Å². The zero-order valence-corrected chi connectivity index (χ0v) is 34.5. The van der Waals surface area contributed by atoms with E-state index in [1.54, 1.807) is 48.8 Å². The minimum absolute atomic E-state index is 0.125. The normalized spacial score (nSPS) is 24.6. The zero-order valence-electron chi connectivity index (χ0n) is 32.2. The van der Waals surface area contributed by atoms with Gasteiger partial charge in [0.25, 0.3) is 0 Å². The summed E-state index contributed by atoms with van der Waals surface area (Å²) >= 11 is 15.4. The van der Waals surface area contributed by atoms with E-state index >= 15 is 0 Å². The molecule has 0 aromatic heterocycles. The lowest BCUT2D eigenvalue weighted by Gasteiger charge is -2.46. The number of amides is 1. The fourth-order valence-electron chi connectivity index (χ4n) is 9.75. The second-order valence-electron chi connectivity index (χ2n) is 15.7. The molecule has 4 aliphatic rings. The molecular formula is C44H50Cl2N4O5S. The number of hydrogen-bond acceptors (Lipinski definition) is 7. The number of piperidine rings is 1. The van der Waals surface area contributed by atoms with Gasteiger partial charge >= 0.3 is 11.9 Å². The number of benzene rings is 3. The van der Waals surface area contributed by atoms with Gasteiger partial charge in [-0.05, 0) is 87.9 Å². The number of fused-ring (bicyclic) bond motifs is 2. The molecule has 2 bridgehead atoms. The molecule has 0 radical (unpaired) electrons. The molecule has 3 aromatic rings. The number of allylic oxidation sites excluding steroid dienone is 1. The van der Waals surface area contributed by atoms with Crippen LogP contribution in [0.1, 0.15) is 62.1 Å². The molecule has 56 heavy (non-hydrogen) atoms. The lowest BCUT2D eigenvalue weighted by molar-refractivity contribution is -0.134. The number of rotatable bonds is 12. The predicted molar refractivity (Wildman–Crippen MR) is 222 cm³/mol. The van der Waals surface area contributed by atoms with E-state index in [1.807, 2.05) is 41.3 Å². The third kappa shape index (κ3) is 7.88. The first-order valence-corrected chi connectivity index (χ1v) is 21.2. The Morgan fingerprint density at radius 1 is 0.732 bits per heavy atom. The van der Waals surface area contributed by atoms with Gasteiger partial charge in [-0.25, -0.2) is 9.59 Å². The molecule has 3 saturated heterocycles. The first kappa shape index (κ1) is 40.4. The Morgan fingerprint density at radius 2 is 1.30 bits per heavy atom. The number of aliphatic carboxylic acids is 2. The SMILES string of the molecule is CN1C(CCc2ccccc2CSc2ccccc2)=C(C(=O)O)C(C)(c2c(Cl)cccc2Cl)C(C(=O)O)=C1CC(=O)N1CCN(C2CC3CCC(C2)N3C)CC1. The molecule has 296 valence electrons. The van der Waals surface area contributed by atoms with Gasteiger partial charge < -0.3 is 24.9 Å². The van der Waals surface area contributed by atoms with Gasteiger partial charge in [0.05, 0.1) is 23.0 Å². The highest BCUT2D eigenvalue weighted by atomic mass is 35.5. The molecule has 1 amide bonds. The molecule has 12 heteroatoms. The standard InChI is InChI=1S/C44H50Cl2N4O5S/c1-44(39-34(45)14-9-15-35(39)46)40(42(52)53)36(19-16-28-10-7-8-11-29(28)27-56-33-12-5-4-6-13-33)48(3)37(41(44)43(54)55)26-38(51)50-22-20-49(21-23-50)32-24-30-17-18-31(25-32)47(30)2/h4-15,30-32H,16-27H2,1-3H3,(H,52,53)(H,54,55). The lowest BCUT2D eigenvalue weighted by atomic mass is 9.66. The third-order valence-corrected chi connectivity index (χ3v) is 14.4. The highest BCUT2D eigenvalue weighted by Crippen LogP contribution is 2.52. The monoisotopic (exact) mass is 816 g/mol. The molecule has 4 heterocycles. The number of carboxylic acid groups (broad SMARTS) is 2. The van der Waals surface area contributed by atoms with E-state index < -0.39 is 17.4 Å². The lowest BCUT2D eigenvalue weighted by Crippen LogP contribution is -2.56. The Kier molecular flexibility index (Phi) is 12.2. The van der Waals surface area contributed by atoms with E-state index in [1.165, 1.54) is 12.8 Å². The van der Waals surface area contributed by atoms with Crippen molar-refractivity contribution >= 4 is 52.8 Å². The van der Waals surface area contributed by atoms with Crippen LogP contribution in [0, 0.1) is 0 Å². The maximum absolute atomic E-state index is 14.3. The molecule has 9 nitrogen and oxygen atoms in total. The third-order valence-electron chi connectivity index (χ3n) is 12.7. The topological polar surface area (TPSA) is 105 Å². The van der Waals surface area contributed by atoms with Crippen molar-refractivity contribution in [3.8, 4) is 0 Å². The van der Waals surface area contributed by atoms with Gasteiger partial charge in [0, 0.05) is 89.0 Å². The first-order chi connectivity index (χ1) is 26.9. The molecule has 3 fully saturated rings. The second-order valence-corrected chi connectivity index (χ2v) is 17.5. The number of hydrogen-bond donors (Lipinski definition) is 2. The first-order valence-electron chi connectivity index (χ1n) is 19.5. The summed E-state index contributed by atoms with van der Waals surface area (Å²) in [5, 5.41) is 22.4. The summed E-state index contributed by atoms with van der Waals surface area (Å²) in [6.07, 6.45) is 5.35. The number of halogens is 2. The molecular weight excluding hydrogens is 767 g/mol. The number of piperazine rings is 1. The molecule has 0 spiro atoms. The summed E-state index contributed by atoms with van der Waals surface area (Å²) in [7, 11) is 3.93. The van der Waals surface area contributed by atoms with Crippen molar-refractivity contribution in [3.05, 3.63) is 122 Å². The van der Waals surface area contributed by atoms with Gasteiger partial charge in [0.1, 0.15) is 0 Å². The zero-order chi connectivity index (χ0) is 39.7. The highest BCUT2D eigenvalue weighted by molar-refractivity contribution is 7.98. The summed E-state index contributed by atoms with van der Waals surface area (Å²) in [4.78, 5) is 51.1. The average molecular weight is 818 g/mol. The van der Waals surface area contributed by atoms with E-state index in [0.29, 0.717) is 43.3 Å². The molecule has 0 aliphatic carbocycles. The van der Waals surface area contributed by atoms with E-state index in [9.17, 15) is 24.6 Å². The molecule has 3 atom stereocenters. The van der Waals surface area contributed by atoms with E-state index in [-0.39, 0.29) is 51.2 Å². The summed E-state index contributed by atoms with van der Waals surface area (Å²) in [5.41, 5.74) is 0.885. The number of aryl methyl sites for hydroxylation is 1. The van der Waals surface area contributed by atoms with E-state index in [4.69, 9.17) is 23.2 Å². The highest BCUT2D eigenvalue weighted by Gasteiger charge is 2.52. The molecule has 3 unspecified atom stereocenters. The number of carbonyl (C=O) groups excluding carboxylic acids is 1. The minimum Gasteiger partial charge on any atom is -0.478 e. The second kappa shape index (κ2) is 17.0. The van der Waals surface area contributed by atoms with Crippen molar-refractivity contribution in [1.82, 2.24) is 19.6 Å². The van der Waals surface area contributed by atoms with Crippen molar-refractivity contribution in [2.45, 2.75) is 86.1 Å². The smallest absolute Gasteiger partial charge is 0.334 e. The Balaban J connectivity index is 1.20. The van der Waals surface area contributed by atoms with Crippen LogP contribution < -0.4 is 0 Å². The maximum Gasteiger partial charge on any atom is 0.334 e. The van der Waals surface area contributed by atoms with Gasteiger partial charge in [-0.15, -0.1) is 11.8 Å². The van der Waals surface area contributed by atoms with Crippen LogP contribution >= 0.6 is 35.0 Å². The summed E-state index contributed by atoms with van der Waals surface area (Å²) < 4.78 is 0. The van der Waals surface area contributed by atoms with E-state index in [2.05, 4.69) is 35.0 Å². The fourth-order valence-corrected chi connectivity index (χ4v) is 11.5. The molecule has 3 aromatic carbocycles. The number of carbonyl (C=O) groups is 3. The van der Waals surface area contributed by atoms with Crippen molar-refractivity contribution in [2.24, 2.45) is 0 Å². The van der Waals surface area contributed by atoms with Gasteiger partial charge in [0.15, 0.2) is 0 Å². The summed E-state index contributed by atoms with van der Waals surface area (Å²) in [5.74, 6) is -2.08. The predicted octanol–water partition coefficient (Wildman–Crippen LogP) is 7.96. The Morgan fingerprint density at radius 3 is 1.91 bits per heavy atom. The molecule has 0 saturated carbocycles. The number of carboxylic acids is 2. The van der Waals surface area contributed by atoms with Crippen LogP contribution in [0.5, 0.6) is 0 Å². The van der Waals surface area contributed by atoms with Crippen LogP contribution in [0.15, 0.2) is 100 Å². The largest absolute Gasteiger partial charge is 0.478 e. The maximum atomic E-state index is 14.3. The van der Waals surface area contributed by atoms with Crippen LogP contribution in [-0.2, 0) is 32.0 Å². The van der Waals surface area contributed by atoms with Crippen molar-refractivity contribution in [1.29, 1.82) is 0 Å². The molecule has 2 N–H and O–H groups in total. The van der Waals surface area contributed by atoms with Crippen molar-refractivity contribution in [2.75, 3.05) is 40.3 Å². The van der Waals surface area contributed by atoms with Crippen LogP contribution in [0.4, 0.5) is 0 Å². The van der Waals surface area contributed by atoms with Gasteiger partial charge in [0.2, 0.25) is 5.91 Å². The van der Waals surface area contributed by atoms with E-state index in [0.717, 1.165) is 47.7 Å². The van der Waals surface area contributed by atoms with Crippen LogP contribution in [0.2, 0.25) is 10.0 Å². The van der Waals surface area contributed by atoms with Gasteiger partial charge in [-0.3, -0.25) is 9.69 Å². The van der Waals surface area contributed by atoms with Crippen LogP contribution in [-0.4, -0.2) is 106 Å². The van der Waals surface area contributed by atoms with Gasteiger partial charge in [-0.1, -0.05) is 71.7 Å². The summed E-state index contributed by atoms with van der Waals surface area (Å²) in [6, 6.07) is 24.8. The van der Waals surface area contributed by atoms with Gasteiger partial charge in [-0.2, -0.15) is 0 Å². The minimum atomic E-state index is -1.79. The summed E-state index contributed by atoms with van der Waals surface area (Å²) in [6.45, 7) is 4.21. The Hall–Kier alpha value is -3.80. The quantitative estimate of drug-likeness (QED) is 0.176.